The summed E-state index contributed by atoms with van der Waals surface area (Å²) in [6.07, 6.45) is 6.41. The lowest BCUT2D eigenvalue weighted by Crippen LogP contribution is -1.96. The van der Waals surface area contributed by atoms with Gasteiger partial charge in [0.15, 0.2) is 0 Å². The van der Waals surface area contributed by atoms with Crippen molar-refractivity contribution in [3.05, 3.63) is 41.2 Å². The summed E-state index contributed by atoms with van der Waals surface area (Å²) in [6, 6.07) is 6.20. The van der Waals surface area contributed by atoms with Gasteiger partial charge in [-0.15, -0.1) is 0 Å². The van der Waals surface area contributed by atoms with Crippen molar-refractivity contribution in [1.29, 1.82) is 0 Å². The highest BCUT2D eigenvalue weighted by molar-refractivity contribution is 5.87. The van der Waals surface area contributed by atoms with Crippen molar-refractivity contribution in [1.82, 2.24) is 0 Å². The molecule has 0 unspecified atom stereocenters. The maximum atomic E-state index is 5.85. The Bertz CT molecular complexity index is 537. The molecule has 0 saturated heterocycles. The minimum Gasteiger partial charge on any atom is -0.456 e. The molecular formula is C13H13NO. The number of furan rings is 1. The zero-order valence-electron chi connectivity index (χ0n) is 8.49. The van der Waals surface area contributed by atoms with Gasteiger partial charge in [-0.3, -0.25) is 0 Å². The van der Waals surface area contributed by atoms with Crippen LogP contribution in [0.2, 0.25) is 0 Å². The number of nitrogens with two attached hydrogens (primary N) is 1. The van der Waals surface area contributed by atoms with E-state index in [1.54, 1.807) is 0 Å². The number of hydrogen-bond donors (Lipinski definition) is 1. The monoisotopic (exact) mass is 199 g/mol. The van der Waals surface area contributed by atoms with Gasteiger partial charge in [0.05, 0.1) is 0 Å². The molecule has 0 spiro atoms. The van der Waals surface area contributed by atoms with E-state index in [0.717, 1.165) is 29.7 Å². The average molecular weight is 199 g/mol. The second-order valence-electron chi connectivity index (χ2n) is 3.88. The first kappa shape index (κ1) is 8.74. The van der Waals surface area contributed by atoms with Crippen molar-refractivity contribution >= 4 is 17.0 Å². The Morgan fingerprint density at radius 1 is 1.33 bits per heavy atom. The number of fused-ring (bicyclic) bond motifs is 3. The first-order chi connectivity index (χ1) is 7.40. The van der Waals surface area contributed by atoms with Crippen molar-refractivity contribution in [2.75, 3.05) is 0 Å². The van der Waals surface area contributed by atoms with Crippen LogP contribution in [-0.4, -0.2) is 0 Å². The highest BCUT2D eigenvalue weighted by atomic mass is 16.3. The third-order valence-electron chi connectivity index (χ3n) is 2.98. The predicted molar refractivity (Wildman–Crippen MR) is 61.5 cm³/mol. The summed E-state index contributed by atoms with van der Waals surface area (Å²) >= 11 is 0. The van der Waals surface area contributed by atoms with Gasteiger partial charge in [-0.25, -0.2) is 0 Å². The predicted octanol–water partition coefficient (Wildman–Crippen LogP) is 2.85. The molecule has 15 heavy (non-hydrogen) atoms. The van der Waals surface area contributed by atoms with Gasteiger partial charge in [-0.05, 0) is 18.9 Å². The van der Waals surface area contributed by atoms with Crippen LogP contribution < -0.4 is 5.73 Å². The van der Waals surface area contributed by atoms with E-state index in [9.17, 15) is 0 Å². The van der Waals surface area contributed by atoms with Crippen LogP contribution in [0.3, 0.4) is 0 Å². The largest absolute Gasteiger partial charge is 0.456 e. The van der Waals surface area contributed by atoms with Gasteiger partial charge in [0, 0.05) is 23.1 Å². The zero-order valence-corrected chi connectivity index (χ0v) is 8.49. The van der Waals surface area contributed by atoms with E-state index in [1.165, 1.54) is 10.9 Å². The van der Waals surface area contributed by atoms with Crippen LogP contribution in [0.15, 0.2) is 28.7 Å². The van der Waals surface area contributed by atoms with Crippen LogP contribution in [0.1, 0.15) is 23.3 Å². The Hall–Kier alpha value is -1.54. The molecule has 1 aromatic carbocycles. The van der Waals surface area contributed by atoms with Crippen molar-refractivity contribution < 1.29 is 4.42 Å². The number of aryl methyl sites for hydroxylation is 1. The molecule has 0 saturated carbocycles. The molecule has 1 aliphatic rings. The van der Waals surface area contributed by atoms with Gasteiger partial charge in [-0.1, -0.05) is 24.3 Å². The first-order valence-electron chi connectivity index (χ1n) is 5.30. The van der Waals surface area contributed by atoms with E-state index in [0.29, 0.717) is 6.54 Å². The molecule has 2 heteroatoms. The third kappa shape index (κ3) is 1.22. The van der Waals surface area contributed by atoms with Gasteiger partial charge in [-0.2, -0.15) is 0 Å². The minimum atomic E-state index is 0.535. The van der Waals surface area contributed by atoms with E-state index < -0.39 is 0 Å². The van der Waals surface area contributed by atoms with E-state index in [4.69, 9.17) is 10.2 Å². The quantitative estimate of drug-likeness (QED) is 0.767. The van der Waals surface area contributed by atoms with Crippen LogP contribution in [0.5, 0.6) is 0 Å². The second-order valence-corrected chi connectivity index (χ2v) is 3.88. The Morgan fingerprint density at radius 2 is 2.27 bits per heavy atom. The van der Waals surface area contributed by atoms with Crippen molar-refractivity contribution in [2.24, 2.45) is 5.73 Å². The molecular weight excluding hydrogens is 186 g/mol. The SMILES string of the molecule is NCc1cccc2c3c(oc12)C=CCC3. The Labute approximate surface area is 88.4 Å². The van der Waals surface area contributed by atoms with Crippen molar-refractivity contribution in [3.8, 4) is 0 Å². The zero-order chi connectivity index (χ0) is 10.3. The molecule has 2 N–H and O–H groups in total. The molecule has 1 aliphatic carbocycles. The van der Waals surface area contributed by atoms with Crippen LogP contribution in [-0.2, 0) is 13.0 Å². The lowest BCUT2D eigenvalue weighted by Gasteiger charge is -2.02. The van der Waals surface area contributed by atoms with Gasteiger partial charge >= 0.3 is 0 Å². The fraction of sp³-hybridized carbons (Fsp3) is 0.231. The topological polar surface area (TPSA) is 39.2 Å². The van der Waals surface area contributed by atoms with Crippen LogP contribution in [0, 0.1) is 0 Å². The highest BCUT2D eigenvalue weighted by Gasteiger charge is 2.15. The number of allylic oxidation sites excluding steroid dienone is 1. The summed E-state index contributed by atoms with van der Waals surface area (Å²) in [5, 5.41) is 1.23. The fourth-order valence-electron chi connectivity index (χ4n) is 2.22. The molecule has 0 amide bonds. The molecule has 0 radical (unpaired) electrons. The first-order valence-corrected chi connectivity index (χ1v) is 5.30. The summed E-state index contributed by atoms with van der Waals surface area (Å²) in [6.45, 7) is 0.535. The van der Waals surface area contributed by atoms with E-state index >= 15 is 0 Å². The number of rotatable bonds is 1. The molecule has 76 valence electrons. The molecule has 3 rings (SSSR count). The molecule has 1 aromatic heterocycles. The minimum absolute atomic E-state index is 0.535. The molecule has 2 nitrogen and oxygen atoms in total. The van der Waals surface area contributed by atoms with E-state index in [2.05, 4.69) is 24.3 Å². The second kappa shape index (κ2) is 3.24. The molecule has 0 bridgehead atoms. The summed E-state index contributed by atoms with van der Waals surface area (Å²) in [5.41, 5.74) is 9.09. The number of para-hydroxylation sites is 1. The van der Waals surface area contributed by atoms with Crippen LogP contribution in [0.25, 0.3) is 17.0 Å². The fourth-order valence-corrected chi connectivity index (χ4v) is 2.22. The van der Waals surface area contributed by atoms with Crippen molar-refractivity contribution in [2.45, 2.75) is 19.4 Å². The van der Waals surface area contributed by atoms with E-state index in [-0.39, 0.29) is 0 Å². The maximum Gasteiger partial charge on any atom is 0.139 e. The third-order valence-corrected chi connectivity index (χ3v) is 2.98. The van der Waals surface area contributed by atoms with E-state index in [1.807, 2.05) is 6.07 Å². The van der Waals surface area contributed by atoms with Crippen LogP contribution in [0.4, 0.5) is 0 Å². The van der Waals surface area contributed by atoms with Crippen molar-refractivity contribution in [3.63, 3.8) is 0 Å². The molecule has 2 aromatic rings. The summed E-state index contributed by atoms with van der Waals surface area (Å²) in [4.78, 5) is 0. The smallest absolute Gasteiger partial charge is 0.139 e. The normalized spacial score (nSPS) is 14.5. The van der Waals surface area contributed by atoms with Gasteiger partial charge in [0.2, 0.25) is 0 Å². The molecule has 0 aliphatic heterocycles. The summed E-state index contributed by atoms with van der Waals surface area (Å²) in [5.74, 6) is 1.01. The summed E-state index contributed by atoms with van der Waals surface area (Å²) < 4.78 is 5.85. The standard InChI is InChI=1S/C13H13NO/c14-8-9-4-3-6-11-10-5-1-2-7-12(10)15-13(9)11/h2-4,6-7H,1,5,8,14H2. The highest BCUT2D eigenvalue weighted by Crippen LogP contribution is 2.32. The van der Waals surface area contributed by atoms with Gasteiger partial charge in [0.1, 0.15) is 11.3 Å². The van der Waals surface area contributed by atoms with Gasteiger partial charge in [0.25, 0.3) is 0 Å². The van der Waals surface area contributed by atoms with Gasteiger partial charge < -0.3 is 10.2 Å². The Balaban J connectivity index is 2.36. The molecule has 0 fully saturated rings. The maximum absolute atomic E-state index is 5.85. The lowest BCUT2D eigenvalue weighted by molar-refractivity contribution is 0.591. The van der Waals surface area contributed by atoms with Crippen LogP contribution >= 0.6 is 0 Å². The number of benzene rings is 1. The lowest BCUT2D eigenvalue weighted by atomic mass is 10.00. The number of hydrogen-bond acceptors (Lipinski definition) is 2. The Morgan fingerprint density at radius 3 is 3.13 bits per heavy atom. The average Bonchev–Trinajstić information content (AvgIpc) is 2.67. The summed E-state index contributed by atoms with van der Waals surface area (Å²) in [7, 11) is 0. The Kier molecular flexibility index (Phi) is 1.89. The molecule has 0 atom stereocenters. The molecule has 1 heterocycles.